The van der Waals surface area contributed by atoms with Gasteiger partial charge in [0.25, 0.3) is 0 Å². The molecule has 0 bridgehead atoms. The summed E-state index contributed by atoms with van der Waals surface area (Å²) in [5, 5.41) is 11.4. The third-order valence-electron chi connectivity index (χ3n) is 3.67. The molecular weight excluding hydrogens is 268 g/mol. The zero-order chi connectivity index (χ0) is 15.4. The van der Waals surface area contributed by atoms with E-state index in [-0.39, 0.29) is 18.4 Å². The fraction of sp³-hybridized carbons (Fsp3) is 0.500. The van der Waals surface area contributed by atoms with E-state index in [1.807, 2.05) is 26.0 Å². The lowest BCUT2D eigenvalue weighted by Gasteiger charge is -2.18. The second-order valence-corrected chi connectivity index (χ2v) is 5.55. The van der Waals surface area contributed by atoms with Crippen LogP contribution in [0.15, 0.2) is 18.2 Å². The number of aliphatic hydroxyl groups is 1. The van der Waals surface area contributed by atoms with Gasteiger partial charge in [0.05, 0.1) is 0 Å². The number of nitrogens with zero attached hydrogens (tertiary/aromatic N) is 1. The number of hydrogen-bond donors (Lipinski definition) is 2. The van der Waals surface area contributed by atoms with Gasteiger partial charge in [-0.3, -0.25) is 9.59 Å². The summed E-state index contributed by atoms with van der Waals surface area (Å²) in [7, 11) is 0. The molecule has 0 aliphatic carbocycles. The summed E-state index contributed by atoms with van der Waals surface area (Å²) in [5.41, 5.74) is 3.07. The van der Waals surface area contributed by atoms with Gasteiger partial charge in [-0.25, -0.2) is 0 Å². The van der Waals surface area contributed by atoms with Crippen molar-refractivity contribution in [2.75, 3.05) is 24.6 Å². The van der Waals surface area contributed by atoms with Crippen LogP contribution >= 0.6 is 0 Å². The molecule has 5 heteroatoms. The maximum absolute atomic E-state index is 12.4. The molecule has 5 nitrogen and oxygen atoms in total. The number of amides is 2. The van der Waals surface area contributed by atoms with E-state index in [9.17, 15) is 9.59 Å². The third-order valence-corrected chi connectivity index (χ3v) is 3.67. The summed E-state index contributed by atoms with van der Waals surface area (Å²) in [5.74, 6) is -0.980. The molecule has 21 heavy (non-hydrogen) atoms. The number of aryl methyl sites for hydroxylation is 2. The number of nitrogens with one attached hydrogen (secondary N) is 1. The Bertz CT molecular complexity index is 522. The van der Waals surface area contributed by atoms with Crippen molar-refractivity contribution >= 4 is 17.5 Å². The lowest BCUT2D eigenvalue weighted by atomic mass is 10.1. The van der Waals surface area contributed by atoms with E-state index < -0.39 is 5.92 Å². The Balaban J connectivity index is 2.05. The van der Waals surface area contributed by atoms with Crippen LogP contribution in [0, 0.1) is 19.8 Å². The number of aliphatic hydroxyl groups excluding tert-OH is 1. The molecule has 2 amide bonds. The van der Waals surface area contributed by atoms with Crippen molar-refractivity contribution in [1.82, 2.24) is 5.32 Å². The molecule has 1 saturated heterocycles. The number of rotatable bonds is 5. The topological polar surface area (TPSA) is 69.6 Å². The molecule has 0 radical (unpaired) electrons. The van der Waals surface area contributed by atoms with Crippen LogP contribution in [0.4, 0.5) is 5.69 Å². The van der Waals surface area contributed by atoms with Crippen LogP contribution in [-0.2, 0) is 9.59 Å². The summed E-state index contributed by atoms with van der Waals surface area (Å²) < 4.78 is 0. The average Bonchev–Trinajstić information content (AvgIpc) is 2.79. The van der Waals surface area contributed by atoms with Crippen LogP contribution in [0.1, 0.15) is 24.0 Å². The largest absolute Gasteiger partial charge is 0.396 e. The number of hydrogen-bond acceptors (Lipinski definition) is 3. The highest BCUT2D eigenvalue weighted by atomic mass is 16.3. The molecule has 0 saturated carbocycles. The van der Waals surface area contributed by atoms with Crippen LogP contribution in [0.5, 0.6) is 0 Å². The average molecular weight is 290 g/mol. The number of carbonyl (C=O) groups is 2. The monoisotopic (exact) mass is 290 g/mol. The van der Waals surface area contributed by atoms with Gasteiger partial charge in [0.2, 0.25) is 11.8 Å². The zero-order valence-corrected chi connectivity index (χ0v) is 12.6. The molecule has 1 aromatic rings. The lowest BCUT2D eigenvalue weighted by molar-refractivity contribution is -0.132. The van der Waals surface area contributed by atoms with Gasteiger partial charge >= 0.3 is 0 Å². The van der Waals surface area contributed by atoms with E-state index in [4.69, 9.17) is 5.11 Å². The first-order chi connectivity index (χ1) is 10.0. The Morgan fingerprint density at radius 1 is 1.33 bits per heavy atom. The number of carbonyl (C=O) groups excluding carboxylic acids is 2. The van der Waals surface area contributed by atoms with Crippen molar-refractivity contribution < 1.29 is 14.7 Å². The highest BCUT2D eigenvalue weighted by Gasteiger charge is 2.37. The number of anilines is 1. The summed E-state index contributed by atoms with van der Waals surface area (Å²) >= 11 is 0. The minimum atomic E-state index is -0.607. The third kappa shape index (κ3) is 3.61. The summed E-state index contributed by atoms with van der Waals surface area (Å²) in [6, 6.07) is 6.00. The molecular formula is C16H22N2O3. The molecule has 114 valence electrons. The molecule has 1 aromatic carbocycles. The van der Waals surface area contributed by atoms with Crippen molar-refractivity contribution in [2.24, 2.45) is 5.92 Å². The molecule has 1 heterocycles. The van der Waals surface area contributed by atoms with E-state index in [0.29, 0.717) is 25.9 Å². The molecule has 1 aliphatic rings. The van der Waals surface area contributed by atoms with Gasteiger partial charge < -0.3 is 15.3 Å². The molecule has 1 fully saturated rings. The first-order valence-electron chi connectivity index (χ1n) is 7.31. The second-order valence-electron chi connectivity index (χ2n) is 5.55. The predicted octanol–water partition coefficient (Wildman–Crippen LogP) is 1.15. The maximum Gasteiger partial charge on any atom is 0.239 e. The molecule has 1 unspecified atom stereocenters. The second kappa shape index (κ2) is 6.72. The van der Waals surface area contributed by atoms with Gasteiger partial charge in [0.1, 0.15) is 5.92 Å². The Kier molecular flexibility index (Phi) is 4.96. The van der Waals surface area contributed by atoms with E-state index in [0.717, 1.165) is 16.8 Å². The normalized spacial score (nSPS) is 18.1. The first-order valence-corrected chi connectivity index (χ1v) is 7.31. The smallest absolute Gasteiger partial charge is 0.239 e. The maximum atomic E-state index is 12.4. The first kappa shape index (κ1) is 15.5. The van der Waals surface area contributed by atoms with E-state index in [1.165, 1.54) is 0 Å². The van der Waals surface area contributed by atoms with Gasteiger partial charge in [-0.1, -0.05) is 6.07 Å². The lowest BCUT2D eigenvalue weighted by Crippen LogP contribution is -2.37. The summed E-state index contributed by atoms with van der Waals surface area (Å²) in [6.45, 7) is 5.00. The van der Waals surface area contributed by atoms with Gasteiger partial charge in [-0.05, 0) is 49.9 Å². The van der Waals surface area contributed by atoms with Crippen molar-refractivity contribution in [3.8, 4) is 0 Å². The quantitative estimate of drug-likeness (QED) is 0.631. The van der Waals surface area contributed by atoms with Crippen molar-refractivity contribution in [3.05, 3.63) is 29.3 Å². The van der Waals surface area contributed by atoms with Crippen LogP contribution in [-0.4, -0.2) is 36.6 Å². The molecule has 2 rings (SSSR count). The minimum absolute atomic E-state index is 0.0353. The molecule has 0 aromatic heterocycles. The minimum Gasteiger partial charge on any atom is -0.396 e. The van der Waals surface area contributed by atoms with E-state index in [1.54, 1.807) is 4.90 Å². The summed E-state index contributed by atoms with van der Waals surface area (Å²) in [4.78, 5) is 26.1. The van der Waals surface area contributed by atoms with Crippen molar-refractivity contribution in [2.45, 2.75) is 26.7 Å². The van der Waals surface area contributed by atoms with E-state index >= 15 is 0 Å². The van der Waals surface area contributed by atoms with E-state index in [2.05, 4.69) is 11.4 Å². The van der Waals surface area contributed by atoms with Crippen LogP contribution < -0.4 is 10.2 Å². The van der Waals surface area contributed by atoms with Gasteiger partial charge in [0, 0.05) is 25.4 Å². The fourth-order valence-corrected chi connectivity index (χ4v) is 2.70. The Morgan fingerprint density at radius 3 is 2.62 bits per heavy atom. The van der Waals surface area contributed by atoms with Crippen molar-refractivity contribution in [3.63, 3.8) is 0 Å². The Hall–Kier alpha value is -1.88. The van der Waals surface area contributed by atoms with Gasteiger partial charge in [-0.15, -0.1) is 0 Å². The van der Waals surface area contributed by atoms with Gasteiger partial charge in [-0.2, -0.15) is 0 Å². The highest BCUT2D eigenvalue weighted by molar-refractivity contribution is 6.09. The van der Waals surface area contributed by atoms with Crippen LogP contribution in [0.2, 0.25) is 0 Å². The Labute approximate surface area is 125 Å². The van der Waals surface area contributed by atoms with Crippen LogP contribution in [0.3, 0.4) is 0 Å². The van der Waals surface area contributed by atoms with Crippen LogP contribution in [0.25, 0.3) is 0 Å². The summed E-state index contributed by atoms with van der Waals surface area (Å²) in [6.07, 6.45) is 1.05. The standard InChI is InChI=1S/C16H22N2O3/c1-11-8-12(2)10-13(9-11)18-6-4-14(16(18)21)15(20)17-5-3-7-19/h8-10,14,19H,3-7H2,1-2H3,(H,17,20). The fourth-order valence-electron chi connectivity index (χ4n) is 2.70. The molecule has 0 spiro atoms. The SMILES string of the molecule is Cc1cc(C)cc(N2CCC(C(=O)NCCCO)C2=O)c1. The number of benzene rings is 1. The highest BCUT2D eigenvalue weighted by Crippen LogP contribution is 2.27. The zero-order valence-electron chi connectivity index (χ0n) is 12.6. The Morgan fingerprint density at radius 2 is 2.00 bits per heavy atom. The molecule has 1 atom stereocenters. The van der Waals surface area contributed by atoms with Crippen molar-refractivity contribution in [1.29, 1.82) is 0 Å². The predicted molar refractivity (Wildman–Crippen MR) is 81.1 cm³/mol. The molecule has 1 aliphatic heterocycles. The molecule has 2 N–H and O–H groups in total. The van der Waals surface area contributed by atoms with Gasteiger partial charge in [0.15, 0.2) is 0 Å².